The van der Waals surface area contributed by atoms with Gasteiger partial charge in [0.15, 0.2) is 0 Å². The van der Waals surface area contributed by atoms with Crippen molar-refractivity contribution in [3.63, 3.8) is 0 Å². The highest BCUT2D eigenvalue weighted by Crippen LogP contribution is 1.96. The summed E-state index contributed by atoms with van der Waals surface area (Å²) in [5.74, 6) is 5.38. The van der Waals surface area contributed by atoms with Crippen LogP contribution < -0.4 is 0 Å². The first-order chi connectivity index (χ1) is 7.86. The van der Waals surface area contributed by atoms with Crippen LogP contribution in [-0.4, -0.2) is 37.8 Å². The molecule has 0 N–H and O–H groups in total. The molecule has 0 radical (unpaired) electrons. The monoisotopic (exact) mass is 231 g/mol. The zero-order chi connectivity index (χ0) is 13.9. The maximum Gasteiger partial charge on any atom is 0.383 e. The van der Waals surface area contributed by atoms with E-state index >= 15 is 0 Å². The average Bonchev–Trinajstić information content (AvgIpc) is 2.34. The van der Waals surface area contributed by atoms with Gasteiger partial charge in [0.05, 0.1) is 27.2 Å². The molecule has 0 aliphatic rings. The lowest BCUT2D eigenvalue weighted by Gasteiger charge is -2.27. The molecule has 0 bridgehead atoms. The van der Waals surface area contributed by atoms with Crippen molar-refractivity contribution in [1.29, 1.82) is 21.0 Å². The molecule has 0 aromatic rings. The lowest BCUT2D eigenvalue weighted by molar-refractivity contribution is -0.888. The quantitative estimate of drug-likeness (QED) is 0.538. The van der Waals surface area contributed by atoms with Crippen LogP contribution in [0.15, 0.2) is 0 Å². The number of hydrogen-bond donors (Lipinski definition) is 0. The van der Waals surface area contributed by atoms with E-state index in [0.29, 0.717) is 0 Å². The fraction of sp³-hybridized carbons (Fsp3) is 0.636. The van der Waals surface area contributed by atoms with Crippen molar-refractivity contribution < 1.29 is 4.48 Å². The molecule has 0 rings (SSSR count). The van der Waals surface area contributed by atoms with E-state index < -0.39 is 6.15 Å². The van der Waals surface area contributed by atoms with E-state index in [4.69, 9.17) is 21.0 Å². The van der Waals surface area contributed by atoms with Gasteiger partial charge in [-0.05, 0) is 13.3 Å². The molecule has 17 heavy (non-hydrogen) atoms. The Labute approximate surface area is 104 Å². The molecule has 90 valence electrons. The standard InChI is InChI=1S/C7H18N.C4BN4/c1-5-7-8(3,4)6-2;6-1-5(2-7,3-8)4-9/h5-7H2,1-4H3;/q+1;-1. The summed E-state index contributed by atoms with van der Waals surface area (Å²) in [6.07, 6.45) is -1.43. The highest BCUT2D eigenvalue weighted by Gasteiger charge is 2.22. The summed E-state index contributed by atoms with van der Waals surface area (Å²) in [7, 11) is 4.53. The molecule has 0 aliphatic carbocycles. The Balaban J connectivity index is 0. The van der Waals surface area contributed by atoms with Crippen molar-refractivity contribution in [3.8, 4) is 23.9 Å². The molecule has 0 heterocycles. The molecule has 0 aliphatic heterocycles. The molecule has 0 spiro atoms. The van der Waals surface area contributed by atoms with Gasteiger partial charge in [0.1, 0.15) is 0 Å². The largest absolute Gasteiger partial charge is 0.383 e. The van der Waals surface area contributed by atoms with E-state index in [0.717, 1.165) is 4.48 Å². The lowest BCUT2D eigenvalue weighted by atomic mass is 9.30. The van der Waals surface area contributed by atoms with E-state index in [-0.39, 0.29) is 0 Å². The summed E-state index contributed by atoms with van der Waals surface area (Å²) in [5, 5.41) is 32.3. The molecule has 0 aromatic heterocycles. The molecular formula is C11H18BN5. The second-order valence-electron chi connectivity index (χ2n) is 4.36. The van der Waals surface area contributed by atoms with Gasteiger partial charge in [-0.25, -0.2) is 21.0 Å². The molecule has 0 saturated heterocycles. The van der Waals surface area contributed by atoms with Gasteiger partial charge in [-0.3, -0.25) is 0 Å². The summed E-state index contributed by atoms with van der Waals surface area (Å²) in [4.78, 5) is 0. The van der Waals surface area contributed by atoms with E-state index in [1.165, 1.54) is 43.4 Å². The Kier molecular flexibility index (Phi) is 8.36. The van der Waals surface area contributed by atoms with Gasteiger partial charge in [0.2, 0.25) is 0 Å². The predicted octanol–water partition coefficient (Wildman–Crippen LogP) is 1.18. The molecule has 6 heteroatoms. The SMILES string of the molecule is CCC[N+](C)(C)CC.N#C[B-](C#N)(C#N)C#N. The van der Waals surface area contributed by atoms with Crippen molar-refractivity contribution in [1.82, 2.24) is 0 Å². The van der Waals surface area contributed by atoms with E-state index in [9.17, 15) is 0 Å². The minimum absolute atomic E-state index is 1.16. The topological polar surface area (TPSA) is 95.2 Å². The van der Waals surface area contributed by atoms with Crippen LogP contribution in [0.5, 0.6) is 0 Å². The van der Waals surface area contributed by atoms with Crippen LogP contribution >= 0.6 is 0 Å². The van der Waals surface area contributed by atoms with Gasteiger partial charge in [-0.1, -0.05) is 6.92 Å². The minimum Gasteiger partial charge on any atom is -0.329 e. The first-order valence-corrected chi connectivity index (χ1v) is 5.49. The fourth-order valence-corrected chi connectivity index (χ4v) is 0.937. The summed E-state index contributed by atoms with van der Waals surface area (Å²) >= 11 is 0. The highest BCUT2D eigenvalue weighted by atomic mass is 15.3. The zero-order valence-electron chi connectivity index (χ0n) is 10.9. The van der Waals surface area contributed by atoms with Crippen LogP contribution in [0.2, 0.25) is 0 Å². The Morgan fingerprint density at radius 1 is 0.882 bits per heavy atom. The number of hydrogen-bond acceptors (Lipinski definition) is 4. The fourth-order valence-electron chi connectivity index (χ4n) is 0.937. The number of nitriles is 4. The third kappa shape index (κ3) is 6.96. The molecule has 0 saturated carbocycles. The summed E-state index contributed by atoms with van der Waals surface area (Å²) in [6.45, 7) is 7.01. The summed E-state index contributed by atoms with van der Waals surface area (Å²) < 4.78 is 1.16. The Bertz CT molecular complexity index is 327. The molecular weight excluding hydrogens is 213 g/mol. The first kappa shape index (κ1) is 17.4. The Hall–Kier alpha value is -2.02. The minimum atomic E-state index is -2.72. The molecule has 0 unspecified atom stereocenters. The van der Waals surface area contributed by atoms with Gasteiger partial charge in [-0.15, -0.1) is 23.9 Å². The third-order valence-electron chi connectivity index (χ3n) is 2.46. The number of quaternary nitrogens is 1. The second kappa shape index (κ2) is 8.17. The van der Waals surface area contributed by atoms with Crippen molar-refractivity contribution >= 4 is 6.15 Å². The van der Waals surface area contributed by atoms with Crippen LogP contribution in [0.25, 0.3) is 0 Å². The van der Waals surface area contributed by atoms with E-state index in [1.807, 2.05) is 0 Å². The first-order valence-electron chi connectivity index (χ1n) is 5.49. The molecule has 5 nitrogen and oxygen atoms in total. The third-order valence-corrected chi connectivity index (χ3v) is 2.46. The Morgan fingerprint density at radius 2 is 1.24 bits per heavy atom. The van der Waals surface area contributed by atoms with Crippen molar-refractivity contribution in [2.24, 2.45) is 0 Å². The van der Waals surface area contributed by atoms with Crippen LogP contribution in [0.4, 0.5) is 0 Å². The van der Waals surface area contributed by atoms with Crippen LogP contribution in [0.3, 0.4) is 0 Å². The number of nitrogens with zero attached hydrogens (tertiary/aromatic N) is 5. The summed E-state index contributed by atoms with van der Waals surface area (Å²) in [5.41, 5.74) is 0. The predicted molar refractivity (Wildman–Crippen MR) is 66.0 cm³/mol. The normalized spacial score (nSPS) is 9.65. The van der Waals surface area contributed by atoms with Gasteiger partial charge in [-0.2, -0.15) is 0 Å². The molecule has 0 atom stereocenters. The van der Waals surface area contributed by atoms with Crippen LogP contribution in [0, 0.1) is 44.9 Å². The smallest absolute Gasteiger partial charge is 0.329 e. The second-order valence-corrected chi connectivity index (χ2v) is 4.36. The van der Waals surface area contributed by atoms with Gasteiger partial charge in [0, 0.05) is 0 Å². The summed E-state index contributed by atoms with van der Waals surface area (Å²) in [6, 6.07) is 0. The van der Waals surface area contributed by atoms with Crippen molar-refractivity contribution in [3.05, 3.63) is 0 Å². The Morgan fingerprint density at radius 3 is 1.29 bits per heavy atom. The number of rotatable bonds is 3. The van der Waals surface area contributed by atoms with Crippen LogP contribution in [0.1, 0.15) is 20.3 Å². The zero-order valence-corrected chi connectivity index (χ0v) is 10.9. The van der Waals surface area contributed by atoms with E-state index in [1.54, 1.807) is 0 Å². The van der Waals surface area contributed by atoms with Crippen molar-refractivity contribution in [2.45, 2.75) is 20.3 Å². The van der Waals surface area contributed by atoms with Gasteiger partial charge in [0.25, 0.3) is 0 Å². The van der Waals surface area contributed by atoms with Gasteiger partial charge < -0.3 is 4.48 Å². The lowest BCUT2D eigenvalue weighted by Crippen LogP contribution is -2.39. The van der Waals surface area contributed by atoms with Crippen LogP contribution in [-0.2, 0) is 0 Å². The maximum atomic E-state index is 8.09. The van der Waals surface area contributed by atoms with Crippen molar-refractivity contribution in [2.75, 3.05) is 27.2 Å². The highest BCUT2D eigenvalue weighted by molar-refractivity contribution is 7.05. The average molecular weight is 231 g/mol. The molecule has 0 fully saturated rings. The molecule has 0 amide bonds. The van der Waals surface area contributed by atoms with E-state index in [2.05, 4.69) is 27.9 Å². The molecule has 0 aromatic carbocycles. The van der Waals surface area contributed by atoms with Gasteiger partial charge >= 0.3 is 6.15 Å². The maximum absolute atomic E-state index is 8.09.